The van der Waals surface area contributed by atoms with E-state index >= 15 is 0 Å². The summed E-state index contributed by atoms with van der Waals surface area (Å²) >= 11 is 0. The van der Waals surface area contributed by atoms with Gasteiger partial charge in [0.1, 0.15) is 0 Å². The first kappa shape index (κ1) is 11.0. The van der Waals surface area contributed by atoms with Gasteiger partial charge in [0, 0.05) is 18.3 Å². The highest BCUT2D eigenvalue weighted by Gasteiger charge is 2.27. The van der Waals surface area contributed by atoms with Crippen molar-refractivity contribution >= 4 is 11.7 Å². The van der Waals surface area contributed by atoms with Crippen molar-refractivity contribution in [2.24, 2.45) is 5.92 Å². The van der Waals surface area contributed by atoms with Crippen LogP contribution in [0.3, 0.4) is 0 Å². The Morgan fingerprint density at radius 1 is 1.56 bits per heavy atom. The molecule has 3 nitrogen and oxygen atoms in total. The van der Waals surface area contributed by atoms with Crippen LogP contribution in [-0.4, -0.2) is 23.7 Å². The maximum absolute atomic E-state index is 10.9. The Kier molecular flexibility index (Phi) is 2.86. The molecule has 0 saturated carbocycles. The molecule has 16 heavy (non-hydrogen) atoms. The first-order valence-corrected chi connectivity index (χ1v) is 5.67. The second-order valence-corrected chi connectivity index (χ2v) is 4.57. The smallest absolute Gasteiger partial charge is 0.308 e. The van der Waals surface area contributed by atoms with Crippen LogP contribution < -0.4 is 4.90 Å². The van der Waals surface area contributed by atoms with E-state index < -0.39 is 5.97 Å². The van der Waals surface area contributed by atoms with Crippen LogP contribution in [0.5, 0.6) is 0 Å². The van der Waals surface area contributed by atoms with Gasteiger partial charge in [-0.2, -0.15) is 0 Å². The second kappa shape index (κ2) is 4.16. The Balaban J connectivity index is 2.19. The molecule has 86 valence electrons. The molecule has 0 aliphatic carbocycles. The van der Waals surface area contributed by atoms with Crippen LogP contribution >= 0.6 is 0 Å². The standard InChI is InChI=1S/C13H17NO2/c1-9(13(15)16)8-14-10(2)7-11-5-3-4-6-12(11)14/h3-6,9-10H,7-8H2,1-2H3,(H,15,16). The number of anilines is 1. The summed E-state index contributed by atoms with van der Waals surface area (Å²) < 4.78 is 0. The van der Waals surface area contributed by atoms with Gasteiger partial charge in [-0.1, -0.05) is 25.1 Å². The lowest BCUT2D eigenvalue weighted by atomic mass is 10.1. The molecule has 1 aliphatic rings. The maximum atomic E-state index is 10.9. The van der Waals surface area contributed by atoms with Gasteiger partial charge in [-0.05, 0) is 25.0 Å². The van der Waals surface area contributed by atoms with Crippen molar-refractivity contribution in [3.8, 4) is 0 Å². The second-order valence-electron chi connectivity index (χ2n) is 4.57. The normalized spacial score (nSPS) is 20.6. The van der Waals surface area contributed by atoms with Gasteiger partial charge in [0.05, 0.1) is 5.92 Å². The predicted molar refractivity (Wildman–Crippen MR) is 63.8 cm³/mol. The molecule has 1 N–H and O–H groups in total. The van der Waals surface area contributed by atoms with Gasteiger partial charge in [0.2, 0.25) is 0 Å². The minimum absolute atomic E-state index is 0.325. The molecule has 3 heteroatoms. The monoisotopic (exact) mass is 219 g/mol. The van der Waals surface area contributed by atoms with Crippen LogP contribution in [0, 0.1) is 5.92 Å². The van der Waals surface area contributed by atoms with E-state index in [1.807, 2.05) is 12.1 Å². The SMILES string of the molecule is CC(CN1c2ccccc2CC1C)C(=O)O. The van der Waals surface area contributed by atoms with Gasteiger partial charge >= 0.3 is 5.97 Å². The van der Waals surface area contributed by atoms with Crippen molar-refractivity contribution in [2.75, 3.05) is 11.4 Å². The Bertz CT molecular complexity index is 403. The van der Waals surface area contributed by atoms with Crippen LogP contribution in [0.1, 0.15) is 19.4 Å². The summed E-state index contributed by atoms with van der Waals surface area (Å²) in [5.41, 5.74) is 2.52. The van der Waals surface area contributed by atoms with E-state index in [1.54, 1.807) is 6.92 Å². The van der Waals surface area contributed by atoms with Crippen molar-refractivity contribution in [1.82, 2.24) is 0 Å². The number of para-hydroxylation sites is 1. The lowest BCUT2D eigenvalue weighted by Crippen LogP contribution is -2.35. The molecule has 0 saturated heterocycles. The molecule has 1 aliphatic heterocycles. The zero-order valence-electron chi connectivity index (χ0n) is 9.68. The van der Waals surface area contributed by atoms with E-state index in [1.165, 1.54) is 11.3 Å². The molecule has 2 unspecified atom stereocenters. The van der Waals surface area contributed by atoms with E-state index in [4.69, 9.17) is 5.11 Å². The van der Waals surface area contributed by atoms with Gasteiger partial charge in [-0.3, -0.25) is 4.79 Å². The average molecular weight is 219 g/mol. The van der Waals surface area contributed by atoms with E-state index in [0.717, 1.165) is 6.42 Å². The van der Waals surface area contributed by atoms with Crippen molar-refractivity contribution in [1.29, 1.82) is 0 Å². The molecule has 1 heterocycles. The summed E-state index contributed by atoms with van der Waals surface area (Å²) in [6.45, 7) is 4.50. The fourth-order valence-corrected chi connectivity index (χ4v) is 2.28. The van der Waals surface area contributed by atoms with E-state index in [9.17, 15) is 4.79 Å². The molecule has 2 atom stereocenters. The topological polar surface area (TPSA) is 40.5 Å². The van der Waals surface area contributed by atoms with E-state index in [2.05, 4.69) is 24.0 Å². The summed E-state index contributed by atoms with van der Waals surface area (Å²) in [5, 5.41) is 8.95. The van der Waals surface area contributed by atoms with Crippen LogP contribution in [0.25, 0.3) is 0 Å². The number of aliphatic carboxylic acids is 1. The molecule has 2 rings (SSSR count). The number of hydrogen-bond donors (Lipinski definition) is 1. The number of nitrogens with zero attached hydrogens (tertiary/aromatic N) is 1. The first-order chi connectivity index (χ1) is 7.59. The lowest BCUT2D eigenvalue weighted by Gasteiger charge is -2.26. The third-order valence-electron chi connectivity index (χ3n) is 3.24. The van der Waals surface area contributed by atoms with Gasteiger partial charge in [0.15, 0.2) is 0 Å². The van der Waals surface area contributed by atoms with Crippen molar-refractivity contribution < 1.29 is 9.90 Å². The minimum atomic E-state index is -0.725. The average Bonchev–Trinajstić information content (AvgIpc) is 2.55. The van der Waals surface area contributed by atoms with E-state index in [-0.39, 0.29) is 5.92 Å². The first-order valence-electron chi connectivity index (χ1n) is 5.67. The van der Waals surface area contributed by atoms with Gasteiger partial charge < -0.3 is 10.0 Å². The number of carbonyl (C=O) groups is 1. The molecule has 0 aromatic heterocycles. The highest BCUT2D eigenvalue weighted by atomic mass is 16.4. The molecule has 1 aromatic rings. The Hall–Kier alpha value is -1.51. The lowest BCUT2D eigenvalue weighted by molar-refractivity contribution is -0.140. The fraction of sp³-hybridized carbons (Fsp3) is 0.462. The maximum Gasteiger partial charge on any atom is 0.308 e. The number of hydrogen-bond acceptors (Lipinski definition) is 2. The Morgan fingerprint density at radius 3 is 2.94 bits per heavy atom. The highest BCUT2D eigenvalue weighted by molar-refractivity contribution is 5.71. The fourth-order valence-electron chi connectivity index (χ4n) is 2.28. The molecule has 1 aromatic carbocycles. The number of carboxylic acids is 1. The molecular formula is C13H17NO2. The zero-order chi connectivity index (χ0) is 11.7. The predicted octanol–water partition coefficient (Wildman–Crippen LogP) is 2.16. The van der Waals surface area contributed by atoms with Gasteiger partial charge in [-0.25, -0.2) is 0 Å². The van der Waals surface area contributed by atoms with Crippen LogP contribution in [0.15, 0.2) is 24.3 Å². The molecule has 0 amide bonds. The Labute approximate surface area is 95.7 Å². The number of rotatable bonds is 3. The van der Waals surface area contributed by atoms with Crippen LogP contribution in [0.2, 0.25) is 0 Å². The summed E-state index contributed by atoms with van der Waals surface area (Å²) in [6.07, 6.45) is 1.02. The molecular weight excluding hydrogens is 202 g/mol. The number of carboxylic acid groups (broad SMARTS) is 1. The third-order valence-corrected chi connectivity index (χ3v) is 3.24. The largest absolute Gasteiger partial charge is 0.481 e. The van der Waals surface area contributed by atoms with Crippen molar-refractivity contribution in [3.05, 3.63) is 29.8 Å². The number of benzene rings is 1. The third kappa shape index (κ3) is 1.90. The quantitative estimate of drug-likeness (QED) is 0.846. The van der Waals surface area contributed by atoms with Crippen LogP contribution in [0.4, 0.5) is 5.69 Å². The summed E-state index contributed by atoms with van der Waals surface area (Å²) in [4.78, 5) is 13.1. The summed E-state index contributed by atoms with van der Waals surface area (Å²) in [7, 11) is 0. The molecule has 0 radical (unpaired) electrons. The molecule has 0 fully saturated rings. The zero-order valence-corrected chi connectivity index (χ0v) is 9.68. The van der Waals surface area contributed by atoms with Gasteiger partial charge in [-0.15, -0.1) is 0 Å². The van der Waals surface area contributed by atoms with Crippen molar-refractivity contribution in [3.63, 3.8) is 0 Å². The Morgan fingerprint density at radius 2 is 2.25 bits per heavy atom. The van der Waals surface area contributed by atoms with Gasteiger partial charge in [0.25, 0.3) is 0 Å². The van der Waals surface area contributed by atoms with E-state index in [0.29, 0.717) is 12.6 Å². The molecule has 0 spiro atoms. The minimum Gasteiger partial charge on any atom is -0.481 e. The number of fused-ring (bicyclic) bond motifs is 1. The molecule has 0 bridgehead atoms. The highest BCUT2D eigenvalue weighted by Crippen LogP contribution is 2.32. The van der Waals surface area contributed by atoms with Crippen molar-refractivity contribution in [2.45, 2.75) is 26.3 Å². The van der Waals surface area contributed by atoms with Crippen LogP contribution in [-0.2, 0) is 11.2 Å². The summed E-state index contributed by atoms with van der Waals surface area (Å²) in [5.74, 6) is -1.05. The summed E-state index contributed by atoms with van der Waals surface area (Å²) in [6, 6.07) is 8.65.